The second kappa shape index (κ2) is 8.89. The van der Waals surface area contributed by atoms with Crippen molar-refractivity contribution in [3.8, 4) is 0 Å². The van der Waals surface area contributed by atoms with Gasteiger partial charge in [-0.15, -0.1) is 0 Å². The van der Waals surface area contributed by atoms with Crippen LogP contribution in [0.1, 0.15) is 23.7 Å². The summed E-state index contributed by atoms with van der Waals surface area (Å²) < 4.78 is 4.90. The molecule has 0 radical (unpaired) electrons. The van der Waals surface area contributed by atoms with Gasteiger partial charge >= 0.3 is 5.97 Å². The first-order valence-corrected chi connectivity index (χ1v) is 8.14. The molecule has 0 saturated heterocycles. The highest BCUT2D eigenvalue weighted by Gasteiger charge is 2.07. The first-order chi connectivity index (χ1) is 11.2. The van der Waals surface area contributed by atoms with E-state index in [0.717, 1.165) is 0 Å². The fraction of sp³-hybridized carbons (Fsp3) is 0.250. The summed E-state index contributed by atoms with van der Waals surface area (Å²) in [6, 6.07) is 8.35. The number of nitrogens with one attached hydrogen (secondary N) is 1. The minimum Gasteiger partial charge on any atom is -0.462 e. The molecule has 0 aliphatic rings. The Morgan fingerprint density at radius 3 is 2.52 bits per heavy atom. The highest BCUT2D eigenvalue weighted by Crippen LogP contribution is 2.14. The van der Waals surface area contributed by atoms with Gasteiger partial charge < -0.3 is 10.1 Å². The lowest BCUT2D eigenvalue weighted by atomic mass is 10.2. The number of ether oxygens (including phenoxy) is 1. The number of aromatic nitrogens is 2. The van der Waals surface area contributed by atoms with Crippen LogP contribution in [-0.4, -0.2) is 34.2 Å². The Hall–Kier alpha value is -2.41. The molecule has 0 spiro atoms. The summed E-state index contributed by atoms with van der Waals surface area (Å²) in [7, 11) is 0. The smallest absolute Gasteiger partial charge is 0.338 e. The van der Waals surface area contributed by atoms with E-state index in [1.165, 1.54) is 11.8 Å². The summed E-state index contributed by atoms with van der Waals surface area (Å²) in [4.78, 5) is 31.6. The number of amides is 1. The summed E-state index contributed by atoms with van der Waals surface area (Å²) in [6.45, 7) is 2.09. The average molecular weight is 331 g/mol. The maximum absolute atomic E-state index is 11.9. The van der Waals surface area contributed by atoms with Crippen LogP contribution >= 0.6 is 11.8 Å². The maximum atomic E-state index is 11.9. The molecule has 1 aromatic heterocycles. The number of hydrogen-bond donors (Lipinski definition) is 1. The Morgan fingerprint density at radius 2 is 1.87 bits per heavy atom. The summed E-state index contributed by atoms with van der Waals surface area (Å²) in [5, 5.41) is 3.43. The molecule has 1 aromatic carbocycles. The van der Waals surface area contributed by atoms with Gasteiger partial charge in [-0.25, -0.2) is 14.8 Å². The maximum Gasteiger partial charge on any atom is 0.338 e. The molecule has 0 unspecified atom stereocenters. The normalized spacial score (nSPS) is 10.1. The molecule has 120 valence electrons. The number of esters is 1. The predicted octanol–water partition coefficient (Wildman–Crippen LogP) is 2.77. The van der Waals surface area contributed by atoms with Crippen LogP contribution in [0.3, 0.4) is 0 Å². The van der Waals surface area contributed by atoms with Gasteiger partial charge in [-0.1, -0.05) is 11.8 Å². The minimum absolute atomic E-state index is 0.0997. The van der Waals surface area contributed by atoms with Gasteiger partial charge in [0.15, 0.2) is 5.16 Å². The van der Waals surface area contributed by atoms with Crippen LogP contribution in [0, 0.1) is 0 Å². The first-order valence-electron chi connectivity index (χ1n) is 7.16. The zero-order chi connectivity index (χ0) is 16.5. The van der Waals surface area contributed by atoms with Crippen molar-refractivity contribution in [1.29, 1.82) is 0 Å². The summed E-state index contributed by atoms with van der Waals surface area (Å²) >= 11 is 1.43. The topological polar surface area (TPSA) is 81.2 Å². The van der Waals surface area contributed by atoms with Crippen molar-refractivity contribution in [2.75, 3.05) is 17.7 Å². The Kier molecular flexibility index (Phi) is 6.56. The molecule has 1 amide bonds. The number of carbonyl (C=O) groups excluding carboxylic acids is 2. The Balaban J connectivity index is 1.77. The van der Waals surface area contributed by atoms with Gasteiger partial charge in [-0.05, 0) is 37.3 Å². The number of thioether (sulfide) groups is 1. The lowest BCUT2D eigenvalue weighted by Crippen LogP contribution is -2.12. The molecule has 0 fully saturated rings. The highest BCUT2D eigenvalue weighted by atomic mass is 32.2. The van der Waals surface area contributed by atoms with E-state index < -0.39 is 0 Å². The van der Waals surface area contributed by atoms with Crippen LogP contribution in [0.25, 0.3) is 0 Å². The van der Waals surface area contributed by atoms with Crippen LogP contribution < -0.4 is 5.32 Å². The molecule has 0 atom stereocenters. The molecule has 6 nitrogen and oxygen atoms in total. The first kappa shape index (κ1) is 17.0. The number of benzene rings is 1. The van der Waals surface area contributed by atoms with E-state index >= 15 is 0 Å². The second-order valence-electron chi connectivity index (χ2n) is 4.48. The standard InChI is InChI=1S/C16H17N3O3S/c1-2-22-15(21)12-4-6-13(7-5-12)19-14(20)8-11-23-16-17-9-3-10-18-16/h3-7,9-10H,2,8,11H2,1H3,(H,19,20). The van der Waals surface area contributed by atoms with Crippen molar-refractivity contribution in [2.24, 2.45) is 0 Å². The largest absolute Gasteiger partial charge is 0.462 e. The summed E-state index contributed by atoms with van der Waals surface area (Å²) in [6.07, 6.45) is 3.68. The SMILES string of the molecule is CCOC(=O)c1ccc(NC(=O)CCSc2ncccn2)cc1. The van der Waals surface area contributed by atoms with Gasteiger partial charge in [0.05, 0.1) is 12.2 Å². The average Bonchev–Trinajstić information content (AvgIpc) is 2.57. The van der Waals surface area contributed by atoms with Gasteiger partial charge in [-0.3, -0.25) is 4.79 Å². The molecular weight excluding hydrogens is 314 g/mol. The van der Waals surface area contributed by atoms with Crippen molar-refractivity contribution < 1.29 is 14.3 Å². The molecule has 2 rings (SSSR count). The highest BCUT2D eigenvalue weighted by molar-refractivity contribution is 7.99. The van der Waals surface area contributed by atoms with E-state index in [1.54, 1.807) is 49.6 Å². The van der Waals surface area contributed by atoms with Crippen molar-refractivity contribution in [3.63, 3.8) is 0 Å². The monoisotopic (exact) mass is 331 g/mol. The van der Waals surface area contributed by atoms with E-state index in [-0.39, 0.29) is 11.9 Å². The zero-order valence-corrected chi connectivity index (χ0v) is 13.5. The van der Waals surface area contributed by atoms with E-state index in [1.807, 2.05) is 0 Å². The lowest BCUT2D eigenvalue weighted by molar-refractivity contribution is -0.115. The Labute approximate surface area is 138 Å². The third-order valence-electron chi connectivity index (χ3n) is 2.78. The Bertz CT molecular complexity index is 647. The van der Waals surface area contributed by atoms with Crippen molar-refractivity contribution in [3.05, 3.63) is 48.3 Å². The molecule has 23 heavy (non-hydrogen) atoms. The molecule has 0 saturated carbocycles. The van der Waals surface area contributed by atoms with Gasteiger partial charge in [0.1, 0.15) is 0 Å². The molecule has 0 aliphatic carbocycles. The van der Waals surface area contributed by atoms with Crippen molar-refractivity contribution in [2.45, 2.75) is 18.5 Å². The zero-order valence-electron chi connectivity index (χ0n) is 12.7. The molecule has 1 N–H and O–H groups in total. The van der Waals surface area contributed by atoms with E-state index in [2.05, 4.69) is 15.3 Å². The molecule has 0 aliphatic heterocycles. The number of nitrogens with zero attached hydrogens (tertiary/aromatic N) is 2. The van der Waals surface area contributed by atoms with Gasteiger partial charge in [0.2, 0.25) is 5.91 Å². The van der Waals surface area contributed by atoms with E-state index in [9.17, 15) is 9.59 Å². The Morgan fingerprint density at radius 1 is 1.17 bits per heavy atom. The van der Waals surface area contributed by atoms with Crippen LogP contribution in [0.5, 0.6) is 0 Å². The van der Waals surface area contributed by atoms with Crippen LogP contribution in [0.2, 0.25) is 0 Å². The summed E-state index contributed by atoms with van der Waals surface area (Å²) in [5.74, 6) is 0.124. The quantitative estimate of drug-likeness (QED) is 0.477. The van der Waals surface area contributed by atoms with E-state index in [0.29, 0.717) is 35.2 Å². The molecule has 2 aromatic rings. The number of rotatable bonds is 7. The van der Waals surface area contributed by atoms with Crippen molar-refractivity contribution in [1.82, 2.24) is 9.97 Å². The lowest BCUT2D eigenvalue weighted by Gasteiger charge is -2.06. The number of hydrogen-bond acceptors (Lipinski definition) is 6. The number of carbonyl (C=O) groups is 2. The third kappa shape index (κ3) is 5.71. The van der Waals surface area contributed by atoms with Crippen LogP contribution in [-0.2, 0) is 9.53 Å². The molecule has 0 bridgehead atoms. The van der Waals surface area contributed by atoms with Gasteiger partial charge in [0, 0.05) is 30.3 Å². The van der Waals surface area contributed by atoms with Gasteiger partial charge in [0.25, 0.3) is 0 Å². The number of anilines is 1. The molecular formula is C16H17N3O3S. The van der Waals surface area contributed by atoms with Crippen LogP contribution in [0.4, 0.5) is 5.69 Å². The van der Waals surface area contributed by atoms with Crippen LogP contribution in [0.15, 0.2) is 47.9 Å². The molecule has 1 heterocycles. The predicted molar refractivity (Wildman–Crippen MR) is 88.4 cm³/mol. The van der Waals surface area contributed by atoms with Gasteiger partial charge in [-0.2, -0.15) is 0 Å². The third-order valence-corrected chi connectivity index (χ3v) is 3.66. The summed E-state index contributed by atoms with van der Waals surface area (Å²) in [5.41, 5.74) is 1.10. The van der Waals surface area contributed by atoms with E-state index in [4.69, 9.17) is 4.74 Å². The molecule has 7 heteroatoms. The minimum atomic E-state index is -0.371. The van der Waals surface area contributed by atoms with Crippen molar-refractivity contribution >= 4 is 29.3 Å². The fourth-order valence-electron chi connectivity index (χ4n) is 1.72. The second-order valence-corrected chi connectivity index (χ2v) is 5.54. The fourth-order valence-corrected chi connectivity index (χ4v) is 2.46.